The van der Waals surface area contributed by atoms with Crippen molar-refractivity contribution >= 4 is 29.3 Å². The van der Waals surface area contributed by atoms with Crippen LogP contribution in [0.4, 0.5) is 0 Å². The van der Waals surface area contributed by atoms with Gasteiger partial charge in [0.15, 0.2) is 0 Å². The van der Waals surface area contributed by atoms with Crippen LogP contribution < -0.4 is 5.73 Å². The van der Waals surface area contributed by atoms with Gasteiger partial charge in [0.05, 0.1) is 0 Å². The van der Waals surface area contributed by atoms with Crippen LogP contribution in [0.25, 0.3) is 0 Å². The van der Waals surface area contributed by atoms with E-state index in [9.17, 15) is 9.59 Å². The summed E-state index contributed by atoms with van der Waals surface area (Å²) in [6.45, 7) is 0. The molecule has 0 unspecified atom stereocenters. The second kappa shape index (κ2) is 9.15. The van der Waals surface area contributed by atoms with Gasteiger partial charge in [-0.05, 0) is 6.42 Å². The van der Waals surface area contributed by atoms with Crippen molar-refractivity contribution in [3.05, 3.63) is 0 Å². The first-order valence-electron chi connectivity index (χ1n) is 2.74. The summed E-state index contributed by atoms with van der Waals surface area (Å²) in [5, 5.41) is 16.3. The zero-order valence-corrected chi connectivity index (χ0v) is 10.7. The van der Waals surface area contributed by atoms with Gasteiger partial charge >= 0.3 is 11.9 Å². The molecule has 4 N–H and O–H groups in total. The molecule has 0 aliphatic carbocycles. The van der Waals surface area contributed by atoms with Crippen molar-refractivity contribution in [1.82, 2.24) is 0 Å². The van der Waals surface area contributed by atoms with Gasteiger partial charge in [-0.15, -0.1) is 0 Å². The van der Waals surface area contributed by atoms with Crippen LogP contribution in [-0.2, 0) is 29.1 Å². The number of rotatable bonds is 4. The van der Waals surface area contributed by atoms with Crippen molar-refractivity contribution in [1.29, 1.82) is 0 Å². The van der Waals surface area contributed by atoms with E-state index in [2.05, 4.69) is 0 Å². The molecule has 0 fully saturated rings. The van der Waals surface area contributed by atoms with Crippen LogP contribution in [0, 0.1) is 0 Å². The molecule has 7 heteroatoms. The number of hydrogen-bond donors (Lipinski definition) is 3. The molecule has 0 amide bonds. The van der Waals surface area contributed by atoms with E-state index in [1.807, 2.05) is 0 Å². The molecule has 0 rings (SSSR count). The molecule has 0 saturated heterocycles. The van der Waals surface area contributed by atoms with Crippen LogP contribution in [0.2, 0.25) is 0 Å². The molecule has 0 aromatic heterocycles. The molecule has 0 spiro atoms. The van der Waals surface area contributed by atoms with Gasteiger partial charge in [-0.3, -0.25) is 9.59 Å². The van der Waals surface area contributed by atoms with Gasteiger partial charge < -0.3 is 15.9 Å². The van der Waals surface area contributed by atoms with E-state index in [0.29, 0.717) is 0 Å². The molecule has 0 heterocycles. The Morgan fingerprint density at radius 2 is 1.75 bits per heavy atom. The molecule has 5 nitrogen and oxygen atoms in total. The number of carboxylic acids is 2. The van der Waals surface area contributed by atoms with Crippen LogP contribution in [0.15, 0.2) is 0 Å². The Balaban J connectivity index is -0.000000405. The summed E-state index contributed by atoms with van der Waals surface area (Å²) in [5.74, 6) is -2.20. The van der Waals surface area contributed by atoms with Gasteiger partial charge in [0.25, 0.3) is 0 Å². The summed E-state index contributed by atoms with van der Waals surface area (Å²) >= 11 is 0. The van der Waals surface area contributed by atoms with E-state index in [1.165, 1.54) is 0 Å². The fourth-order valence-corrected chi connectivity index (χ4v) is 0.402. The smallest absolute Gasteiger partial charge is 0.320 e. The number of aliphatic carboxylic acids is 2. The van der Waals surface area contributed by atoms with Crippen LogP contribution in [0.3, 0.4) is 0 Å². The Morgan fingerprint density at radius 1 is 1.33 bits per heavy atom. The first-order valence-corrected chi connectivity index (χ1v) is 2.74. The van der Waals surface area contributed by atoms with E-state index >= 15 is 0 Å². The van der Waals surface area contributed by atoms with E-state index in [4.69, 9.17) is 15.9 Å². The third kappa shape index (κ3) is 10.1. The number of carbonyl (C=O) groups is 2. The van der Waals surface area contributed by atoms with Crippen LogP contribution in [0.1, 0.15) is 12.8 Å². The molecule has 63 valence electrons. The van der Waals surface area contributed by atoms with E-state index in [0.717, 1.165) is 0 Å². The SMILES string of the molecule is N[C@@H](CCC(=O)O)C(=O)O.[Al].[Zn]. The van der Waals surface area contributed by atoms with Crippen LogP contribution in [0.5, 0.6) is 0 Å². The van der Waals surface area contributed by atoms with Crippen molar-refractivity contribution in [2.75, 3.05) is 0 Å². The Labute approximate surface area is 93.2 Å². The quantitative estimate of drug-likeness (QED) is 0.540. The van der Waals surface area contributed by atoms with Gasteiger partial charge in [-0.2, -0.15) is 0 Å². The fourth-order valence-electron chi connectivity index (χ4n) is 0.402. The van der Waals surface area contributed by atoms with E-state index in [-0.39, 0.29) is 49.7 Å². The van der Waals surface area contributed by atoms with Crippen LogP contribution in [-0.4, -0.2) is 45.6 Å². The van der Waals surface area contributed by atoms with Crippen molar-refractivity contribution < 1.29 is 39.3 Å². The Bertz CT molecular complexity index is 154. The molecular weight excluding hydrogens is 230 g/mol. The summed E-state index contributed by atoms with van der Waals surface area (Å²) in [7, 11) is 0. The Morgan fingerprint density at radius 3 is 2.00 bits per heavy atom. The Kier molecular flexibility index (Phi) is 13.7. The number of carboxylic acid groups (broad SMARTS) is 2. The van der Waals surface area contributed by atoms with E-state index in [1.54, 1.807) is 0 Å². The maximum absolute atomic E-state index is 9.99. The topological polar surface area (TPSA) is 101 Å². The van der Waals surface area contributed by atoms with Gasteiger partial charge in [0.1, 0.15) is 6.04 Å². The molecular formula is C5H9AlNO4Zn. The zero-order valence-electron chi connectivity index (χ0n) is 6.56. The van der Waals surface area contributed by atoms with Crippen molar-refractivity contribution in [3.63, 3.8) is 0 Å². The second-order valence-electron chi connectivity index (χ2n) is 1.88. The average molecular weight is 240 g/mol. The summed E-state index contributed by atoms with van der Waals surface area (Å²) in [6, 6.07) is -1.06. The number of nitrogens with two attached hydrogens (primary N) is 1. The summed E-state index contributed by atoms with van der Waals surface area (Å²) in [5.41, 5.74) is 5.00. The Hall–Kier alpha value is 0.0558. The van der Waals surface area contributed by atoms with Crippen molar-refractivity contribution in [2.24, 2.45) is 5.73 Å². The third-order valence-electron chi connectivity index (χ3n) is 0.986. The normalized spacial score (nSPS) is 10.4. The monoisotopic (exact) mass is 238 g/mol. The van der Waals surface area contributed by atoms with E-state index < -0.39 is 18.0 Å². The maximum atomic E-state index is 9.99. The second-order valence-corrected chi connectivity index (χ2v) is 1.88. The van der Waals surface area contributed by atoms with Gasteiger partial charge in [-0.25, -0.2) is 0 Å². The molecule has 0 aromatic carbocycles. The van der Waals surface area contributed by atoms with Crippen molar-refractivity contribution in [2.45, 2.75) is 18.9 Å². The molecule has 1 atom stereocenters. The van der Waals surface area contributed by atoms with Crippen molar-refractivity contribution in [3.8, 4) is 0 Å². The van der Waals surface area contributed by atoms with Gasteiger partial charge in [-0.1, -0.05) is 0 Å². The average Bonchev–Trinajstić information content (AvgIpc) is 1.82. The fraction of sp³-hybridized carbons (Fsp3) is 0.600. The predicted octanol–water partition coefficient (Wildman–Crippen LogP) is -1.12. The molecule has 0 aliphatic rings. The zero-order chi connectivity index (χ0) is 8.15. The molecule has 0 saturated carbocycles. The van der Waals surface area contributed by atoms with Gasteiger partial charge in [0, 0.05) is 43.3 Å². The number of hydrogen-bond acceptors (Lipinski definition) is 3. The molecule has 0 aliphatic heterocycles. The minimum absolute atomic E-state index is 0. The molecule has 0 bridgehead atoms. The molecule has 0 aromatic rings. The predicted molar refractivity (Wildman–Crippen MR) is 38.2 cm³/mol. The maximum Gasteiger partial charge on any atom is 0.320 e. The van der Waals surface area contributed by atoms with Crippen LogP contribution >= 0.6 is 0 Å². The largest absolute Gasteiger partial charge is 0.481 e. The minimum atomic E-state index is -1.17. The third-order valence-corrected chi connectivity index (χ3v) is 0.986. The van der Waals surface area contributed by atoms with Gasteiger partial charge in [0.2, 0.25) is 0 Å². The summed E-state index contributed by atoms with van der Waals surface area (Å²) in [6.07, 6.45) is -0.224. The first kappa shape index (κ1) is 18.0. The minimum Gasteiger partial charge on any atom is -0.481 e. The summed E-state index contributed by atoms with van der Waals surface area (Å²) < 4.78 is 0. The first-order chi connectivity index (χ1) is 4.54. The molecule has 3 radical (unpaired) electrons. The summed E-state index contributed by atoms with van der Waals surface area (Å²) in [4.78, 5) is 19.9. The molecule has 12 heavy (non-hydrogen) atoms. The standard InChI is InChI=1S/C5H9NO4.Al.Zn/c6-3(5(9)10)1-2-4(7)8;;/h3H,1-2,6H2,(H,7,8)(H,9,10);;/t3-;;/m0../s1.